The Balaban J connectivity index is 1.19. The average molecular weight is 761 g/mol. The van der Waals surface area contributed by atoms with Crippen molar-refractivity contribution in [1.82, 2.24) is 18.9 Å². The predicted molar refractivity (Wildman–Crippen MR) is 243 cm³/mol. The Morgan fingerprint density at radius 1 is 0.525 bits per heavy atom. The maximum Gasteiger partial charge on any atom is 0.149 e. The number of phenolic OH excluding ortho intramolecular Hbond substituents is 1. The molecular weight excluding hydrogens is 721 g/mol. The van der Waals surface area contributed by atoms with Crippen molar-refractivity contribution in [1.29, 1.82) is 0 Å². The molecule has 0 unspecified atom stereocenters. The minimum Gasteiger partial charge on any atom is -0.507 e. The Kier molecular flexibility index (Phi) is 7.70. The van der Waals surface area contributed by atoms with Gasteiger partial charge < -0.3 is 9.51 Å². The molecule has 1 aliphatic rings. The topological polar surface area (TPSA) is 55.4 Å². The molecule has 282 valence electrons. The van der Waals surface area contributed by atoms with Crippen molar-refractivity contribution >= 4 is 49.1 Å². The smallest absolute Gasteiger partial charge is 0.149 e. The molecule has 0 atom stereocenters. The fourth-order valence-electron chi connectivity index (χ4n) is 10.1. The van der Waals surface area contributed by atoms with Crippen molar-refractivity contribution in [3.8, 4) is 56.3 Å². The highest BCUT2D eigenvalue weighted by atomic mass is 16.3. The first-order valence-corrected chi connectivity index (χ1v) is 20.8. The van der Waals surface area contributed by atoms with Gasteiger partial charge in [0.15, 0.2) is 0 Å². The number of nitrogens with zero attached hydrogens (tertiary/aromatic N) is 4. The Bertz CT molecular complexity index is 3370. The minimum atomic E-state index is 0.196. The van der Waals surface area contributed by atoms with E-state index in [9.17, 15) is 5.11 Å². The normalized spacial score (nSPS) is 13.8. The molecule has 7 aromatic carbocycles. The molecule has 59 heavy (non-hydrogen) atoms. The lowest BCUT2D eigenvalue weighted by atomic mass is 9.83. The molecule has 5 heteroatoms. The molecule has 0 radical (unpaired) electrons. The summed E-state index contributed by atoms with van der Waals surface area (Å²) in [5.74, 6) is 1.45. The standard InChI is InChI=1S/C54H40N4O/c59-50-27-10-8-20-41(50)54-56-52-39(21-14-26-48(52)58(54)47-29-28-36(34-15-3-1-4-16-34)31-43(47)35-17-5-2-6-18-35)44-32-37(45-24-11-12-30-55-45)33-49-51(44)42-23-13-22-40-38-19-7-9-25-46(38)57(49)53(40)42/h2,5-14,17-34,59H,1,3-4,15-16H2. The molecule has 1 fully saturated rings. The van der Waals surface area contributed by atoms with E-state index < -0.39 is 0 Å². The maximum atomic E-state index is 11.5. The van der Waals surface area contributed by atoms with E-state index in [4.69, 9.17) is 9.97 Å². The molecule has 0 amide bonds. The SMILES string of the molecule is Oc1ccccc1-c1nc2c(-c3cc(-c4ccccn4)cc4c3c3cccc5c6ccccc6n4c53)cccc2n1-c1ccc(C2CCCCC2)cc1-c1ccccc1. The Morgan fingerprint density at radius 3 is 2.14 bits per heavy atom. The molecule has 0 aliphatic heterocycles. The summed E-state index contributed by atoms with van der Waals surface area (Å²) in [5, 5.41) is 16.4. The molecule has 0 saturated heterocycles. The van der Waals surface area contributed by atoms with E-state index in [0.29, 0.717) is 17.3 Å². The van der Waals surface area contributed by atoms with E-state index in [1.165, 1.54) is 70.2 Å². The summed E-state index contributed by atoms with van der Waals surface area (Å²) in [4.78, 5) is 10.4. The number of rotatable bonds is 6. The quantitative estimate of drug-likeness (QED) is 0.184. The van der Waals surface area contributed by atoms with E-state index >= 15 is 0 Å². The highest BCUT2D eigenvalue weighted by Crippen LogP contribution is 2.47. The van der Waals surface area contributed by atoms with Crippen molar-refractivity contribution in [2.24, 2.45) is 0 Å². The molecule has 0 bridgehead atoms. The van der Waals surface area contributed by atoms with Crippen LogP contribution in [-0.4, -0.2) is 24.0 Å². The van der Waals surface area contributed by atoms with Crippen LogP contribution in [0, 0.1) is 0 Å². The zero-order chi connectivity index (χ0) is 39.0. The fourth-order valence-corrected chi connectivity index (χ4v) is 10.1. The van der Waals surface area contributed by atoms with Gasteiger partial charge >= 0.3 is 0 Å². The van der Waals surface area contributed by atoms with Crippen LogP contribution < -0.4 is 0 Å². The minimum absolute atomic E-state index is 0.196. The van der Waals surface area contributed by atoms with Crippen molar-refractivity contribution in [3.63, 3.8) is 0 Å². The molecular formula is C54H40N4O. The van der Waals surface area contributed by atoms with Gasteiger partial charge in [-0.3, -0.25) is 9.55 Å². The third-order valence-corrected chi connectivity index (χ3v) is 12.8. The Labute approximate surface area is 341 Å². The van der Waals surface area contributed by atoms with Gasteiger partial charge in [-0.05, 0) is 96.1 Å². The van der Waals surface area contributed by atoms with Gasteiger partial charge in [0.05, 0.1) is 44.5 Å². The van der Waals surface area contributed by atoms with Crippen molar-refractivity contribution in [2.75, 3.05) is 0 Å². The maximum absolute atomic E-state index is 11.5. The predicted octanol–water partition coefficient (Wildman–Crippen LogP) is 14.0. The summed E-state index contributed by atoms with van der Waals surface area (Å²) in [5.41, 5.74) is 14.9. The summed E-state index contributed by atoms with van der Waals surface area (Å²) in [7, 11) is 0. The van der Waals surface area contributed by atoms with Crippen LogP contribution in [0.4, 0.5) is 0 Å². The Hall–Kier alpha value is -7.24. The highest BCUT2D eigenvalue weighted by molar-refractivity contribution is 6.27. The van der Waals surface area contributed by atoms with Gasteiger partial charge in [-0.2, -0.15) is 0 Å². The molecule has 1 saturated carbocycles. The summed E-state index contributed by atoms with van der Waals surface area (Å²) >= 11 is 0. The van der Waals surface area contributed by atoms with Gasteiger partial charge in [0.2, 0.25) is 0 Å². The number of imidazole rings is 1. The number of aromatic nitrogens is 4. The zero-order valence-corrected chi connectivity index (χ0v) is 32.5. The van der Waals surface area contributed by atoms with Crippen LogP contribution in [0.15, 0.2) is 170 Å². The van der Waals surface area contributed by atoms with Crippen LogP contribution in [0.3, 0.4) is 0 Å². The number of para-hydroxylation sites is 4. The van der Waals surface area contributed by atoms with Crippen LogP contribution in [0.2, 0.25) is 0 Å². The van der Waals surface area contributed by atoms with E-state index in [2.05, 4.69) is 142 Å². The van der Waals surface area contributed by atoms with Gasteiger partial charge in [-0.1, -0.05) is 122 Å². The second-order valence-electron chi connectivity index (χ2n) is 16.1. The lowest BCUT2D eigenvalue weighted by Crippen LogP contribution is -2.06. The molecule has 5 nitrogen and oxygen atoms in total. The van der Waals surface area contributed by atoms with E-state index in [0.717, 1.165) is 55.7 Å². The largest absolute Gasteiger partial charge is 0.507 e. The van der Waals surface area contributed by atoms with Gasteiger partial charge in [0, 0.05) is 44.4 Å². The first-order chi connectivity index (χ1) is 29.2. The van der Waals surface area contributed by atoms with Crippen LogP contribution in [0.5, 0.6) is 5.75 Å². The number of fused-ring (bicyclic) bond motifs is 7. The number of benzene rings is 7. The van der Waals surface area contributed by atoms with Crippen molar-refractivity contribution in [3.05, 3.63) is 176 Å². The molecule has 1 aliphatic carbocycles. The third-order valence-electron chi connectivity index (χ3n) is 12.8. The number of phenols is 1. The molecule has 4 aromatic heterocycles. The highest BCUT2D eigenvalue weighted by Gasteiger charge is 2.26. The number of hydrogen-bond acceptors (Lipinski definition) is 3. The van der Waals surface area contributed by atoms with Gasteiger partial charge in [0.1, 0.15) is 11.6 Å². The van der Waals surface area contributed by atoms with Gasteiger partial charge in [0.25, 0.3) is 0 Å². The van der Waals surface area contributed by atoms with Gasteiger partial charge in [-0.15, -0.1) is 0 Å². The average Bonchev–Trinajstić information content (AvgIpc) is 3.97. The van der Waals surface area contributed by atoms with E-state index in [-0.39, 0.29) is 5.75 Å². The summed E-state index contributed by atoms with van der Waals surface area (Å²) in [6.07, 6.45) is 8.19. The number of pyridine rings is 1. The molecule has 1 N–H and O–H groups in total. The monoisotopic (exact) mass is 760 g/mol. The lowest BCUT2D eigenvalue weighted by molar-refractivity contribution is 0.443. The third kappa shape index (κ3) is 5.24. The van der Waals surface area contributed by atoms with Crippen molar-refractivity contribution in [2.45, 2.75) is 38.0 Å². The lowest BCUT2D eigenvalue weighted by Gasteiger charge is -2.24. The zero-order valence-electron chi connectivity index (χ0n) is 32.5. The summed E-state index contributed by atoms with van der Waals surface area (Å²) in [6.45, 7) is 0. The molecule has 0 spiro atoms. The molecule has 11 aromatic rings. The second-order valence-corrected chi connectivity index (χ2v) is 16.1. The number of aromatic hydroxyl groups is 1. The number of hydrogen-bond donors (Lipinski definition) is 1. The second kappa shape index (κ2) is 13.4. The first kappa shape index (κ1) is 33.9. The van der Waals surface area contributed by atoms with E-state index in [1.54, 1.807) is 6.07 Å². The van der Waals surface area contributed by atoms with Gasteiger partial charge in [-0.25, -0.2) is 4.98 Å². The molecule has 4 heterocycles. The van der Waals surface area contributed by atoms with Crippen LogP contribution in [0.1, 0.15) is 43.6 Å². The van der Waals surface area contributed by atoms with Crippen LogP contribution in [-0.2, 0) is 0 Å². The van der Waals surface area contributed by atoms with Crippen LogP contribution >= 0.6 is 0 Å². The first-order valence-electron chi connectivity index (χ1n) is 20.8. The fraction of sp³-hybridized carbons (Fsp3) is 0.111. The van der Waals surface area contributed by atoms with Crippen LogP contribution in [0.25, 0.3) is 99.7 Å². The van der Waals surface area contributed by atoms with E-state index in [1.807, 2.05) is 30.5 Å². The molecule has 12 rings (SSSR count). The summed E-state index contributed by atoms with van der Waals surface area (Å²) in [6, 6.07) is 58.1. The Morgan fingerprint density at radius 2 is 1.27 bits per heavy atom. The summed E-state index contributed by atoms with van der Waals surface area (Å²) < 4.78 is 4.72. The van der Waals surface area contributed by atoms with Crippen molar-refractivity contribution < 1.29 is 5.11 Å².